The summed E-state index contributed by atoms with van der Waals surface area (Å²) in [7, 11) is 1.64. The highest BCUT2D eigenvalue weighted by molar-refractivity contribution is 5.45. The molecule has 2 aromatic rings. The number of aryl methyl sites for hydroxylation is 1. The molecule has 6 heteroatoms. The minimum absolute atomic E-state index is 0.283. The SMILES string of the molecule is COc1ccc(Cc2cc3c(cc2C)CO[C@]32O[C@H](C)[C@@H](O)[C@H](O)[C@H]2O)cc1. The Labute approximate surface area is 164 Å². The normalized spacial score (nSPS) is 31.8. The van der Waals surface area contributed by atoms with Crippen LogP contribution in [-0.2, 0) is 28.3 Å². The second-order valence-electron chi connectivity index (χ2n) is 7.67. The molecule has 1 spiro atoms. The molecule has 2 aromatic carbocycles. The van der Waals surface area contributed by atoms with Crippen LogP contribution < -0.4 is 4.74 Å². The molecule has 0 radical (unpaired) electrons. The van der Waals surface area contributed by atoms with Gasteiger partial charge in [-0.25, -0.2) is 0 Å². The summed E-state index contributed by atoms with van der Waals surface area (Å²) in [5, 5.41) is 31.0. The Morgan fingerprint density at radius 2 is 1.82 bits per heavy atom. The highest BCUT2D eigenvalue weighted by atomic mass is 16.7. The minimum atomic E-state index is -1.46. The van der Waals surface area contributed by atoms with Crippen molar-refractivity contribution in [3.8, 4) is 5.75 Å². The molecule has 1 saturated heterocycles. The number of benzene rings is 2. The van der Waals surface area contributed by atoms with Gasteiger partial charge in [-0.1, -0.05) is 18.2 Å². The molecule has 0 aromatic heterocycles. The van der Waals surface area contributed by atoms with Crippen LogP contribution in [-0.4, -0.2) is 46.8 Å². The third-order valence-corrected chi connectivity index (χ3v) is 5.84. The van der Waals surface area contributed by atoms with Crippen molar-refractivity contribution in [1.29, 1.82) is 0 Å². The van der Waals surface area contributed by atoms with Gasteiger partial charge in [0.05, 0.1) is 19.8 Å². The van der Waals surface area contributed by atoms with Gasteiger partial charge in [0.15, 0.2) is 0 Å². The van der Waals surface area contributed by atoms with Crippen LogP contribution in [0.1, 0.15) is 34.7 Å². The Morgan fingerprint density at radius 1 is 1.11 bits per heavy atom. The summed E-state index contributed by atoms with van der Waals surface area (Å²) in [4.78, 5) is 0. The van der Waals surface area contributed by atoms with E-state index in [1.54, 1.807) is 14.0 Å². The third-order valence-electron chi connectivity index (χ3n) is 5.84. The zero-order chi connectivity index (χ0) is 20.1. The minimum Gasteiger partial charge on any atom is -0.497 e. The summed E-state index contributed by atoms with van der Waals surface area (Å²) in [5.74, 6) is -0.655. The number of rotatable bonds is 3. The summed E-state index contributed by atoms with van der Waals surface area (Å²) < 4.78 is 17.0. The molecule has 1 fully saturated rings. The fraction of sp³-hybridized carbons (Fsp3) is 0.455. The van der Waals surface area contributed by atoms with Crippen molar-refractivity contribution in [3.63, 3.8) is 0 Å². The van der Waals surface area contributed by atoms with Gasteiger partial charge < -0.3 is 29.5 Å². The van der Waals surface area contributed by atoms with Gasteiger partial charge >= 0.3 is 0 Å². The molecule has 0 amide bonds. The average molecular weight is 386 g/mol. The molecule has 0 bridgehead atoms. The fourth-order valence-electron chi connectivity index (χ4n) is 4.12. The largest absolute Gasteiger partial charge is 0.497 e. The van der Waals surface area contributed by atoms with E-state index in [-0.39, 0.29) is 6.61 Å². The number of aliphatic hydroxyl groups excluding tert-OH is 3. The standard InChI is InChI=1S/C22H26O6/c1-12-8-16-11-27-22(21(25)20(24)19(23)13(2)28-22)18(16)10-15(12)9-14-4-6-17(26-3)7-5-14/h4-8,10,13,19-21,23-25H,9,11H2,1-3H3/t13-,19-,20+,21-,22+/m1/s1. The number of ether oxygens (including phenoxy) is 3. The first-order chi connectivity index (χ1) is 13.4. The number of fused-ring (bicyclic) bond motifs is 2. The molecule has 5 atom stereocenters. The van der Waals surface area contributed by atoms with E-state index in [2.05, 4.69) is 0 Å². The Hall–Kier alpha value is -1.96. The smallest absolute Gasteiger partial charge is 0.225 e. The van der Waals surface area contributed by atoms with E-state index in [0.29, 0.717) is 12.0 Å². The maximum absolute atomic E-state index is 10.7. The van der Waals surface area contributed by atoms with Crippen LogP contribution in [0.25, 0.3) is 0 Å². The van der Waals surface area contributed by atoms with Gasteiger partial charge in [-0.05, 0) is 60.7 Å². The zero-order valence-electron chi connectivity index (χ0n) is 16.3. The number of hydrogen-bond acceptors (Lipinski definition) is 6. The molecule has 6 nitrogen and oxygen atoms in total. The van der Waals surface area contributed by atoms with Crippen LogP contribution in [0.3, 0.4) is 0 Å². The predicted molar refractivity (Wildman–Crippen MR) is 102 cm³/mol. The van der Waals surface area contributed by atoms with Crippen molar-refractivity contribution in [2.45, 2.75) is 57.1 Å². The van der Waals surface area contributed by atoms with E-state index in [1.807, 2.05) is 43.3 Å². The Morgan fingerprint density at radius 3 is 2.50 bits per heavy atom. The maximum Gasteiger partial charge on any atom is 0.225 e. The summed E-state index contributed by atoms with van der Waals surface area (Å²) in [5.41, 5.74) is 4.97. The first kappa shape index (κ1) is 19.4. The van der Waals surface area contributed by atoms with Crippen LogP contribution in [0.2, 0.25) is 0 Å². The maximum atomic E-state index is 10.7. The molecule has 0 unspecified atom stereocenters. The summed E-state index contributed by atoms with van der Waals surface area (Å²) in [6.07, 6.45) is -3.86. The summed E-state index contributed by atoms with van der Waals surface area (Å²) in [6, 6.07) is 11.9. The van der Waals surface area contributed by atoms with Gasteiger partial charge in [0.1, 0.15) is 24.1 Å². The van der Waals surface area contributed by atoms with Gasteiger partial charge in [0.25, 0.3) is 0 Å². The number of methoxy groups -OCH3 is 1. The quantitative estimate of drug-likeness (QED) is 0.745. The summed E-state index contributed by atoms with van der Waals surface area (Å²) in [6.45, 7) is 3.99. The number of hydrogen-bond donors (Lipinski definition) is 3. The zero-order valence-corrected chi connectivity index (χ0v) is 16.3. The average Bonchev–Trinajstić information content (AvgIpc) is 3.04. The van der Waals surface area contributed by atoms with Crippen molar-refractivity contribution in [1.82, 2.24) is 0 Å². The Balaban J connectivity index is 1.70. The Kier molecular flexibility index (Phi) is 4.93. The van der Waals surface area contributed by atoms with Crippen molar-refractivity contribution < 1.29 is 29.5 Å². The molecule has 0 aliphatic carbocycles. The van der Waals surface area contributed by atoms with E-state index >= 15 is 0 Å². The highest BCUT2D eigenvalue weighted by Crippen LogP contribution is 2.46. The van der Waals surface area contributed by atoms with E-state index in [4.69, 9.17) is 14.2 Å². The van der Waals surface area contributed by atoms with Gasteiger partial charge in [0.2, 0.25) is 5.79 Å². The molecule has 150 valence electrons. The van der Waals surface area contributed by atoms with Crippen LogP contribution >= 0.6 is 0 Å². The van der Waals surface area contributed by atoms with Gasteiger partial charge in [0, 0.05) is 5.56 Å². The van der Waals surface area contributed by atoms with E-state index in [9.17, 15) is 15.3 Å². The van der Waals surface area contributed by atoms with E-state index in [1.165, 1.54) is 0 Å². The topological polar surface area (TPSA) is 88.4 Å². The van der Waals surface area contributed by atoms with Crippen LogP contribution in [0.4, 0.5) is 0 Å². The molecule has 28 heavy (non-hydrogen) atoms. The summed E-state index contributed by atoms with van der Waals surface area (Å²) >= 11 is 0. The molecule has 3 N–H and O–H groups in total. The molecular weight excluding hydrogens is 360 g/mol. The van der Waals surface area contributed by atoms with Crippen LogP contribution in [0, 0.1) is 6.92 Å². The van der Waals surface area contributed by atoms with Gasteiger partial charge in [-0.15, -0.1) is 0 Å². The van der Waals surface area contributed by atoms with Crippen LogP contribution in [0.15, 0.2) is 36.4 Å². The van der Waals surface area contributed by atoms with E-state index in [0.717, 1.165) is 28.0 Å². The van der Waals surface area contributed by atoms with Gasteiger partial charge in [-0.3, -0.25) is 0 Å². The van der Waals surface area contributed by atoms with Crippen molar-refractivity contribution in [3.05, 3.63) is 64.2 Å². The predicted octanol–water partition coefficient (Wildman–Crippen LogP) is 1.78. The lowest BCUT2D eigenvalue weighted by Gasteiger charge is -2.45. The first-order valence-corrected chi connectivity index (χ1v) is 9.47. The second kappa shape index (κ2) is 7.13. The van der Waals surface area contributed by atoms with Crippen LogP contribution in [0.5, 0.6) is 5.75 Å². The molecule has 0 saturated carbocycles. The van der Waals surface area contributed by atoms with Crippen molar-refractivity contribution in [2.75, 3.05) is 7.11 Å². The Bertz CT molecular complexity index is 864. The monoisotopic (exact) mass is 386 g/mol. The van der Waals surface area contributed by atoms with E-state index < -0.39 is 30.2 Å². The third kappa shape index (κ3) is 3.02. The number of aliphatic hydroxyl groups is 3. The molecular formula is C22H26O6. The van der Waals surface area contributed by atoms with Crippen molar-refractivity contribution >= 4 is 0 Å². The van der Waals surface area contributed by atoms with Crippen molar-refractivity contribution in [2.24, 2.45) is 0 Å². The molecule has 2 aliphatic rings. The second-order valence-corrected chi connectivity index (χ2v) is 7.67. The highest BCUT2D eigenvalue weighted by Gasteiger charge is 2.57. The lowest BCUT2D eigenvalue weighted by atomic mass is 9.85. The fourth-order valence-corrected chi connectivity index (χ4v) is 4.12. The molecule has 4 rings (SSSR count). The molecule has 2 aliphatic heterocycles. The van der Waals surface area contributed by atoms with Gasteiger partial charge in [-0.2, -0.15) is 0 Å². The lowest BCUT2D eigenvalue weighted by molar-refractivity contribution is -0.362. The first-order valence-electron chi connectivity index (χ1n) is 9.47. The molecule has 2 heterocycles. The lowest BCUT2D eigenvalue weighted by Crippen LogP contribution is -2.62.